The van der Waals surface area contributed by atoms with Crippen LogP contribution < -0.4 is 5.32 Å². The van der Waals surface area contributed by atoms with Gasteiger partial charge in [-0.25, -0.2) is 4.98 Å². The van der Waals surface area contributed by atoms with Gasteiger partial charge in [-0.15, -0.1) is 0 Å². The molecule has 5 rings (SSSR count). The lowest BCUT2D eigenvalue weighted by Gasteiger charge is -2.10. The molecule has 1 amide bonds. The Balaban J connectivity index is 1.47. The first-order chi connectivity index (χ1) is 14.6. The quantitative estimate of drug-likeness (QED) is 0.380. The Morgan fingerprint density at radius 3 is 2.57 bits per heavy atom. The lowest BCUT2D eigenvalue weighted by molar-refractivity contribution is 0.102. The fourth-order valence-electron chi connectivity index (χ4n) is 3.57. The van der Waals surface area contributed by atoms with Crippen LogP contribution >= 0.6 is 0 Å². The number of rotatable bonds is 3. The fourth-order valence-corrected chi connectivity index (χ4v) is 3.57. The predicted octanol–water partition coefficient (Wildman–Crippen LogP) is 6.52. The lowest BCUT2D eigenvalue weighted by Crippen LogP contribution is -2.12. The highest BCUT2D eigenvalue weighted by Gasteiger charge is 2.13. The zero-order chi connectivity index (χ0) is 20.7. The number of hydrogen-bond acceptors (Lipinski definition) is 3. The maximum atomic E-state index is 12.9. The third-order valence-electron chi connectivity index (χ3n) is 5.29. The van der Waals surface area contributed by atoms with Crippen molar-refractivity contribution in [2.24, 2.45) is 0 Å². The number of aromatic nitrogens is 1. The van der Waals surface area contributed by atoms with E-state index in [1.165, 1.54) is 0 Å². The molecule has 4 heteroatoms. The van der Waals surface area contributed by atoms with Gasteiger partial charge in [0.05, 0.1) is 0 Å². The first-order valence-electron chi connectivity index (χ1n) is 9.85. The first-order valence-corrected chi connectivity index (χ1v) is 9.85. The number of nitrogens with zero attached hydrogens (tertiary/aromatic N) is 1. The summed E-state index contributed by atoms with van der Waals surface area (Å²) in [5.74, 6) is 0.394. The molecule has 0 atom stereocenters. The minimum Gasteiger partial charge on any atom is -0.436 e. The monoisotopic (exact) mass is 392 g/mol. The molecule has 1 aromatic heterocycles. The molecule has 1 N–H and O–H groups in total. The Hall–Kier alpha value is -3.92. The smallest absolute Gasteiger partial charge is 0.255 e. The van der Waals surface area contributed by atoms with Crippen molar-refractivity contribution in [3.05, 3.63) is 95.6 Å². The Kier molecular flexibility index (Phi) is 4.32. The van der Waals surface area contributed by atoms with Crippen molar-refractivity contribution in [2.45, 2.75) is 13.8 Å². The molecule has 0 aliphatic carbocycles. The van der Waals surface area contributed by atoms with Crippen LogP contribution in [0.15, 0.2) is 83.3 Å². The molecule has 0 saturated carbocycles. The van der Waals surface area contributed by atoms with Crippen LogP contribution in [0.1, 0.15) is 21.5 Å². The number of amides is 1. The van der Waals surface area contributed by atoms with Crippen LogP contribution in [-0.4, -0.2) is 10.9 Å². The molecule has 0 aliphatic rings. The molecule has 0 radical (unpaired) electrons. The molecule has 30 heavy (non-hydrogen) atoms. The molecule has 0 saturated heterocycles. The van der Waals surface area contributed by atoms with Gasteiger partial charge in [-0.3, -0.25) is 4.79 Å². The van der Waals surface area contributed by atoms with Crippen LogP contribution in [0.4, 0.5) is 5.69 Å². The molecule has 0 fully saturated rings. The standard InChI is InChI=1S/C26H20N2O2/c1-16-7-12-22-24(13-16)30-26(28-22)21-9-8-17(2)23(15-21)27-25(29)20-11-10-18-5-3-4-6-19(18)14-20/h3-15H,1-2H3,(H,27,29). The third kappa shape index (κ3) is 3.33. The number of fused-ring (bicyclic) bond motifs is 2. The zero-order valence-electron chi connectivity index (χ0n) is 16.8. The highest BCUT2D eigenvalue weighted by atomic mass is 16.3. The van der Waals surface area contributed by atoms with Crippen LogP contribution in [0.2, 0.25) is 0 Å². The van der Waals surface area contributed by atoms with E-state index in [9.17, 15) is 4.79 Å². The average molecular weight is 392 g/mol. The van der Waals surface area contributed by atoms with E-state index in [0.717, 1.165) is 44.2 Å². The Labute approximate surface area is 174 Å². The van der Waals surface area contributed by atoms with Crippen molar-refractivity contribution < 1.29 is 9.21 Å². The van der Waals surface area contributed by atoms with Gasteiger partial charge in [-0.2, -0.15) is 0 Å². The Bertz CT molecular complexity index is 1420. The fraction of sp³-hybridized carbons (Fsp3) is 0.0769. The maximum absolute atomic E-state index is 12.9. The van der Waals surface area contributed by atoms with E-state index in [2.05, 4.69) is 10.3 Å². The predicted molar refractivity (Wildman–Crippen MR) is 121 cm³/mol. The van der Waals surface area contributed by atoms with Crippen molar-refractivity contribution in [1.82, 2.24) is 4.98 Å². The van der Waals surface area contributed by atoms with Gasteiger partial charge in [-0.1, -0.05) is 42.5 Å². The maximum Gasteiger partial charge on any atom is 0.255 e. The minimum absolute atomic E-state index is 0.144. The molecular formula is C26H20N2O2. The van der Waals surface area contributed by atoms with E-state index in [4.69, 9.17) is 4.42 Å². The van der Waals surface area contributed by atoms with Gasteiger partial charge in [0.2, 0.25) is 5.89 Å². The molecule has 1 heterocycles. The van der Waals surface area contributed by atoms with Crippen molar-refractivity contribution in [3.8, 4) is 11.5 Å². The van der Waals surface area contributed by atoms with E-state index in [1.54, 1.807) is 0 Å². The van der Waals surface area contributed by atoms with Gasteiger partial charge < -0.3 is 9.73 Å². The normalized spacial score (nSPS) is 11.1. The van der Waals surface area contributed by atoms with Gasteiger partial charge in [0.1, 0.15) is 5.52 Å². The number of aryl methyl sites for hydroxylation is 2. The van der Waals surface area contributed by atoms with E-state index >= 15 is 0 Å². The molecule has 4 nitrogen and oxygen atoms in total. The third-order valence-corrected chi connectivity index (χ3v) is 5.29. The number of oxazole rings is 1. The van der Waals surface area contributed by atoms with Crippen molar-refractivity contribution in [3.63, 3.8) is 0 Å². The molecule has 146 valence electrons. The average Bonchev–Trinajstić information content (AvgIpc) is 3.18. The summed E-state index contributed by atoms with van der Waals surface area (Å²) in [6, 6.07) is 25.5. The summed E-state index contributed by atoms with van der Waals surface area (Å²) in [6.07, 6.45) is 0. The summed E-state index contributed by atoms with van der Waals surface area (Å²) in [4.78, 5) is 17.5. The molecule has 4 aromatic carbocycles. The molecule has 0 bridgehead atoms. The summed E-state index contributed by atoms with van der Waals surface area (Å²) in [5, 5.41) is 5.18. The number of nitrogens with one attached hydrogen (secondary N) is 1. The van der Waals surface area contributed by atoms with Crippen molar-refractivity contribution in [2.75, 3.05) is 5.32 Å². The van der Waals surface area contributed by atoms with Crippen molar-refractivity contribution >= 4 is 33.5 Å². The van der Waals surface area contributed by atoms with Crippen LogP contribution in [-0.2, 0) is 0 Å². The number of carbonyl (C=O) groups is 1. The molecule has 0 aliphatic heterocycles. The second-order valence-electron chi connectivity index (χ2n) is 7.54. The van der Waals surface area contributed by atoms with Crippen LogP contribution in [0.25, 0.3) is 33.3 Å². The van der Waals surface area contributed by atoms with Gasteiger partial charge in [-0.05, 0) is 72.1 Å². The zero-order valence-corrected chi connectivity index (χ0v) is 16.8. The lowest BCUT2D eigenvalue weighted by atomic mass is 10.1. The van der Waals surface area contributed by atoms with Crippen molar-refractivity contribution in [1.29, 1.82) is 0 Å². The summed E-state index contributed by atoms with van der Waals surface area (Å²) in [5.41, 5.74) is 5.85. The van der Waals surface area contributed by atoms with Crippen LogP contribution in [0, 0.1) is 13.8 Å². The Morgan fingerprint density at radius 1 is 0.867 bits per heavy atom. The van der Waals surface area contributed by atoms with E-state index < -0.39 is 0 Å². The number of benzene rings is 4. The highest BCUT2D eigenvalue weighted by Crippen LogP contribution is 2.29. The van der Waals surface area contributed by atoms with Gasteiger partial charge in [0, 0.05) is 16.8 Å². The van der Waals surface area contributed by atoms with Gasteiger partial charge in [0.25, 0.3) is 5.91 Å². The topological polar surface area (TPSA) is 55.1 Å². The van der Waals surface area contributed by atoms with Gasteiger partial charge in [0.15, 0.2) is 5.58 Å². The van der Waals surface area contributed by atoms with E-state index in [-0.39, 0.29) is 5.91 Å². The largest absolute Gasteiger partial charge is 0.436 e. The van der Waals surface area contributed by atoms with Crippen LogP contribution in [0.3, 0.4) is 0 Å². The Morgan fingerprint density at radius 2 is 1.70 bits per heavy atom. The molecular weight excluding hydrogens is 372 g/mol. The van der Waals surface area contributed by atoms with E-state index in [1.807, 2.05) is 92.7 Å². The first kappa shape index (κ1) is 18.1. The van der Waals surface area contributed by atoms with Crippen LogP contribution in [0.5, 0.6) is 0 Å². The number of hydrogen-bond donors (Lipinski definition) is 1. The molecule has 5 aromatic rings. The summed E-state index contributed by atoms with van der Waals surface area (Å²) >= 11 is 0. The molecule has 0 unspecified atom stereocenters. The second kappa shape index (κ2) is 7.16. The summed E-state index contributed by atoms with van der Waals surface area (Å²) in [7, 11) is 0. The summed E-state index contributed by atoms with van der Waals surface area (Å²) in [6.45, 7) is 3.99. The number of anilines is 1. The number of carbonyl (C=O) groups excluding carboxylic acids is 1. The molecule has 0 spiro atoms. The van der Waals surface area contributed by atoms with Gasteiger partial charge >= 0.3 is 0 Å². The SMILES string of the molecule is Cc1ccc2nc(-c3ccc(C)c(NC(=O)c4ccc5ccccc5c4)c3)oc2c1. The van der Waals surface area contributed by atoms with E-state index in [0.29, 0.717) is 11.5 Å². The summed E-state index contributed by atoms with van der Waals surface area (Å²) < 4.78 is 5.94. The highest BCUT2D eigenvalue weighted by molar-refractivity contribution is 6.07. The second-order valence-corrected chi connectivity index (χ2v) is 7.54. The minimum atomic E-state index is -0.144.